The van der Waals surface area contributed by atoms with Gasteiger partial charge in [0.15, 0.2) is 5.13 Å². The van der Waals surface area contributed by atoms with Crippen LogP contribution in [0.3, 0.4) is 0 Å². The van der Waals surface area contributed by atoms with E-state index in [0.29, 0.717) is 17.3 Å². The van der Waals surface area contributed by atoms with E-state index in [0.717, 1.165) is 19.6 Å². The molecule has 0 saturated carbocycles. The summed E-state index contributed by atoms with van der Waals surface area (Å²) in [5, 5.41) is 0.652. The maximum Gasteiger partial charge on any atom is 0.180 e. The zero-order chi connectivity index (χ0) is 10.8. The number of nitrogen functional groups attached to an aromatic ring is 1. The van der Waals surface area contributed by atoms with Gasteiger partial charge in [-0.3, -0.25) is 4.90 Å². The minimum Gasteiger partial charge on any atom is -0.375 e. The first-order chi connectivity index (χ1) is 7.13. The zero-order valence-electron chi connectivity index (χ0n) is 9.55. The molecule has 1 saturated heterocycles. The minimum absolute atomic E-state index is 0. The van der Waals surface area contributed by atoms with Gasteiger partial charge in [-0.25, -0.2) is 4.98 Å². The Morgan fingerprint density at radius 1 is 1.50 bits per heavy atom. The molecule has 1 aromatic heterocycles. The van der Waals surface area contributed by atoms with Gasteiger partial charge in [0.05, 0.1) is 12.2 Å². The maximum atomic E-state index is 5.68. The Kier molecular flexibility index (Phi) is 4.98. The minimum atomic E-state index is 0. The molecular formula is C10H18ClN3OS. The van der Waals surface area contributed by atoms with Gasteiger partial charge in [0.1, 0.15) is 0 Å². The van der Waals surface area contributed by atoms with E-state index in [2.05, 4.69) is 23.7 Å². The van der Waals surface area contributed by atoms with Gasteiger partial charge in [-0.2, -0.15) is 0 Å². The third-order valence-electron chi connectivity index (χ3n) is 2.45. The van der Waals surface area contributed by atoms with E-state index < -0.39 is 0 Å². The van der Waals surface area contributed by atoms with Crippen LogP contribution in [0.5, 0.6) is 0 Å². The van der Waals surface area contributed by atoms with Crippen LogP contribution in [0.2, 0.25) is 0 Å². The van der Waals surface area contributed by atoms with Crippen molar-refractivity contribution in [2.45, 2.75) is 32.6 Å². The molecular weight excluding hydrogens is 246 g/mol. The fraction of sp³-hybridized carbons (Fsp3) is 0.700. The van der Waals surface area contributed by atoms with E-state index in [-0.39, 0.29) is 12.4 Å². The first-order valence-corrected chi connectivity index (χ1v) is 6.03. The fourth-order valence-electron chi connectivity index (χ4n) is 2.03. The van der Waals surface area contributed by atoms with Crippen LogP contribution in [0.25, 0.3) is 0 Å². The van der Waals surface area contributed by atoms with Crippen LogP contribution in [0.1, 0.15) is 18.7 Å². The number of halogens is 1. The number of morpholine rings is 1. The average Bonchev–Trinajstić information content (AvgIpc) is 2.49. The monoisotopic (exact) mass is 263 g/mol. The molecule has 4 nitrogen and oxygen atoms in total. The molecule has 1 fully saturated rings. The topological polar surface area (TPSA) is 51.4 Å². The third-order valence-corrected chi connectivity index (χ3v) is 3.26. The van der Waals surface area contributed by atoms with Gasteiger partial charge in [-0.15, -0.1) is 23.7 Å². The van der Waals surface area contributed by atoms with Crippen molar-refractivity contribution >= 4 is 28.9 Å². The molecule has 1 aliphatic rings. The molecule has 92 valence electrons. The van der Waals surface area contributed by atoms with Gasteiger partial charge >= 0.3 is 0 Å². The second-order valence-corrected chi connectivity index (χ2v) is 5.26. The summed E-state index contributed by atoms with van der Waals surface area (Å²) in [4.78, 5) is 7.68. The first-order valence-electron chi connectivity index (χ1n) is 5.21. The molecule has 0 aromatic carbocycles. The molecule has 0 radical (unpaired) electrons. The van der Waals surface area contributed by atoms with Gasteiger partial charge in [-0.1, -0.05) is 0 Å². The zero-order valence-corrected chi connectivity index (χ0v) is 11.2. The maximum absolute atomic E-state index is 5.68. The summed E-state index contributed by atoms with van der Waals surface area (Å²) in [6.07, 6.45) is 2.50. The van der Waals surface area contributed by atoms with E-state index in [4.69, 9.17) is 10.5 Å². The molecule has 1 aromatic rings. The molecule has 2 heterocycles. The lowest BCUT2D eigenvalue weighted by atomic mass is 10.2. The molecule has 2 N–H and O–H groups in total. The molecule has 2 unspecified atom stereocenters. The number of rotatable bonds is 2. The van der Waals surface area contributed by atoms with Crippen LogP contribution in [0, 0.1) is 0 Å². The molecule has 6 heteroatoms. The quantitative estimate of drug-likeness (QED) is 0.883. The Morgan fingerprint density at radius 2 is 2.12 bits per heavy atom. The van der Waals surface area contributed by atoms with Crippen molar-refractivity contribution in [3.05, 3.63) is 11.1 Å². The van der Waals surface area contributed by atoms with Crippen LogP contribution in [0.4, 0.5) is 5.13 Å². The Hall–Kier alpha value is -0.360. The predicted octanol–water partition coefficient (Wildman–Crippen LogP) is 1.76. The molecule has 1 aliphatic heterocycles. The highest BCUT2D eigenvalue weighted by molar-refractivity contribution is 7.15. The lowest BCUT2D eigenvalue weighted by Gasteiger charge is -2.34. The van der Waals surface area contributed by atoms with Gasteiger partial charge < -0.3 is 10.5 Å². The SMILES string of the molecule is CC1CN(Cc2cnc(N)s2)CC(C)O1.Cl. The summed E-state index contributed by atoms with van der Waals surface area (Å²) in [6.45, 7) is 7.14. The highest BCUT2D eigenvalue weighted by atomic mass is 35.5. The molecule has 0 bridgehead atoms. The van der Waals surface area contributed by atoms with E-state index in [1.54, 1.807) is 11.3 Å². The molecule has 0 aliphatic carbocycles. The van der Waals surface area contributed by atoms with Crippen LogP contribution in [-0.4, -0.2) is 35.2 Å². The number of nitrogens with zero attached hydrogens (tertiary/aromatic N) is 2. The molecule has 2 rings (SSSR count). The van der Waals surface area contributed by atoms with Crippen molar-refractivity contribution in [1.29, 1.82) is 0 Å². The number of hydrogen-bond donors (Lipinski definition) is 1. The van der Waals surface area contributed by atoms with Crippen molar-refractivity contribution in [3.8, 4) is 0 Å². The lowest BCUT2D eigenvalue weighted by Crippen LogP contribution is -2.44. The highest BCUT2D eigenvalue weighted by Crippen LogP contribution is 2.19. The number of anilines is 1. The van der Waals surface area contributed by atoms with E-state index >= 15 is 0 Å². The van der Waals surface area contributed by atoms with Gasteiger partial charge in [0, 0.05) is 30.7 Å². The number of ether oxygens (including phenoxy) is 1. The van der Waals surface area contributed by atoms with E-state index in [9.17, 15) is 0 Å². The van der Waals surface area contributed by atoms with E-state index in [1.165, 1.54) is 4.88 Å². The Balaban J connectivity index is 0.00000128. The van der Waals surface area contributed by atoms with Crippen LogP contribution in [0.15, 0.2) is 6.20 Å². The number of nitrogens with two attached hydrogens (primary N) is 1. The fourth-order valence-corrected chi connectivity index (χ4v) is 2.76. The van der Waals surface area contributed by atoms with Crippen molar-refractivity contribution in [2.75, 3.05) is 18.8 Å². The number of thiazole rings is 1. The third kappa shape index (κ3) is 3.59. The summed E-state index contributed by atoms with van der Waals surface area (Å²) in [7, 11) is 0. The summed E-state index contributed by atoms with van der Waals surface area (Å²) in [5.74, 6) is 0. The summed E-state index contributed by atoms with van der Waals surface area (Å²) in [5.41, 5.74) is 5.60. The second-order valence-electron chi connectivity index (χ2n) is 4.12. The average molecular weight is 264 g/mol. The Bertz CT molecular complexity index is 324. The summed E-state index contributed by atoms with van der Waals surface area (Å²) in [6, 6.07) is 0. The number of hydrogen-bond acceptors (Lipinski definition) is 5. The molecule has 2 atom stereocenters. The standard InChI is InChI=1S/C10H17N3OS.ClH/c1-7-4-13(5-8(2)14-7)6-9-3-12-10(11)15-9;/h3,7-8H,4-6H2,1-2H3,(H2,11,12);1H. The molecule has 0 amide bonds. The van der Waals surface area contributed by atoms with Gasteiger partial charge in [-0.05, 0) is 13.8 Å². The normalized spacial score (nSPS) is 26.4. The van der Waals surface area contributed by atoms with Gasteiger partial charge in [0.25, 0.3) is 0 Å². The van der Waals surface area contributed by atoms with Crippen LogP contribution >= 0.6 is 23.7 Å². The van der Waals surface area contributed by atoms with Crippen LogP contribution < -0.4 is 5.73 Å². The Labute approximate surface area is 106 Å². The largest absolute Gasteiger partial charge is 0.375 e. The van der Waals surface area contributed by atoms with Crippen molar-refractivity contribution in [3.63, 3.8) is 0 Å². The Morgan fingerprint density at radius 3 is 2.62 bits per heavy atom. The molecule has 16 heavy (non-hydrogen) atoms. The van der Waals surface area contributed by atoms with Crippen molar-refractivity contribution in [2.24, 2.45) is 0 Å². The number of aromatic nitrogens is 1. The smallest absolute Gasteiger partial charge is 0.180 e. The van der Waals surface area contributed by atoms with Crippen molar-refractivity contribution < 1.29 is 4.74 Å². The predicted molar refractivity (Wildman–Crippen MR) is 69.1 cm³/mol. The summed E-state index contributed by atoms with van der Waals surface area (Å²) < 4.78 is 5.68. The lowest BCUT2D eigenvalue weighted by molar-refractivity contribution is -0.0702. The highest BCUT2D eigenvalue weighted by Gasteiger charge is 2.22. The summed E-state index contributed by atoms with van der Waals surface area (Å²) >= 11 is 1.57. The van der Waals surface area contributed by atoms with Gasteiger partial charge in [0.2, 0.25) is 0 Å². The first kappa shape index (κ1) is 13.7. The van der Waals surface area contributed by atoms with E-state index in [1.807, 2.05) is 6.20 Å². The molecule has 0 spiro atoms. The van der Waals surface area contributed by atoms with Crippen molar-refractivity contribution in [1.82, 2.24) is 9.88 Å². The van der Waals surface area contributed by atoms with Crippen LogP contribution in [-0.2, 0) is 11.3 Å². The second kappa shape index (κ2) is 5.82.